The van der Waals surface area contributed by atoms with Crippen LogP contribution in [-0.2, 0) is 19.6 Å². The Morgan fingerprint density at radius 1 is 1.23 bits per heavy atom. The molecule has 1 unspecified atom stereocenters. The Bertz CT molecular complexity index is 1310. The quantitative estimate of drug-likeness (QED) is 0.362. The van der Waals surface area contributed by atoms with Crippen LogP contribution < -0.4 is 15.4 Å². The number of carbonyl (C=O) groups excluding carboxylic acids is 1. The number of nitrogens with zero attached hydrogens (tertiary/aromatic N) is 3. The van der Waals surface area contributed by atoms with E-state index in [9.17, 15) is 9.90 Å². The highest BCUT2D eigenvalue weighted by atomic mass is 16.5. The van der Waals surface area contributed by atoms with E-state index in [0.29, 0.717) is 30.2 Å². The van der Waals surface area contributed by atoms with Crippen LogP contribution in [0.15, 0.2) is 47.3 Å². The molecule has 3 aliphatic rings. The van der Waals surface area contributed by atoms with Gasteiger partial charge in [-0.2, -0.15) is 0 Å². The molecule has 6 rings (SSSR count). The number of amides is 1. The fourth-order valence-corrected chi connectivity index (χ4v) is 6.15. The molecule has 206 valence electrons. The van der Waals surface area contributed by atoms with Crippen molar-refractivity contribution in [2.45, 2.75) is 70.7 Å². The van der Waals surface area contributed by atoms with E-state index < -0.39 is 6.10 Å². The van der Waals surface area contributed by atoms with Gasteiger partial charge in [0.25, 0.3) is 5.91 Å². The van der Waals surface area contributed by atoms with Crippen molar-refractivity contribution in [1.82, 2.24) is 20.2 Å². The number of carbonyl (C=O) groups is 1. The van der Waals surface area contributed by atoms with Gasteiger partial charge in [-0.05, 0) is 79.8 Å². The summed E-state index contributed by atoms with van der Waals surface area (Å²) < 4.78 is 11.2. The summed E-state index contributed by atoms with van der Waals surface area (Å²) in [6.07, 6.45) is 9.80. The maximum Gasteiger partial charge on any atom is 0.251 e. The summed E-state index contributed by atoms with van der Waals surface area (Å²) in [4.78, 5) is 23.5. The first-order valence-electron chi connectivity index (χ1n) is 14.0. The average Bonchev–Trinajstić information content (AvgIpc) is 3.31. The Balaban J connectivity index is 0.944. The second-order valence-electron chi connectivity index (χ2n) is 11.5. The highest BCUT2D eigenvalue weighted by molar-refractivity contribution is 5.94. The minimum absolute atomic E-state index is 0.194. The fourth-order valence-electron chi connectivity index (χ4n) is 6.15. The molecule has 0 bridgehead atoms. The van der Waals surface area contributed by atoms with E-state index in [4.69, 9.17) is 9.15 Å². The van der Waals surface area contributed by atoms with Crippen LogP contribution in [0.1, 0.15) is 65.0 Å². The fraction of sp³-hybridized carbons (Fsp3) is 0.500. The first-order valence-corrected chi connectivity index (χ1v) is 14.0. The molecular formula is C30H37N5O4. The minimum atomic E-state index is -0.656. The molecule has 9 nitrogen and oxygen atoms in total. The van der Waals surface area contributed by atoms with Gasteiger partial charge in [0.15, 0.2) is 12.2 Å². The number of hydrogen-bond donors (Lipinski definition) is 3. The molecule has 1 atom stereocenters. The monoisotopic (exact) mass is 531 g/mol. The van der Waals surface area contributed by atoms with Gasteiger partial charge in [-0.15, -0.1) is 0 Å². The lowest BCUT2D eigenvalue weighted by Crippen LogP contribution is -2.49. The number of benzene rings is 1. The van der Waals surface area contributed by atoms with Crippen LogP contribution in [-0.4, -0.2) is 57.7 Å². The van der Waals surface area contributed by atoms with Crippen molar-refractivity contribution >= 4 is 11.7 Å². The predicted molar refractivity (Wildman–Crippen MR) is 147 cm³/mol. The summed E-state index contributed by atoms with van der Waals surface area (Å²) in [5.41, 5.74) is 4.47. The van der Waals surface area contributed by atoms with Crippen molar-refractivity contribution in [3.05, 3.63) is 71.1 Å². The number of ether oxygens (including phenoxy) is 1. The number of aliphatic hydroxyl groups is 1. The Hall–Kier alpha value is -3.43. The molecule has 1 aromatic carbocycles. The van der Waals surface area contributed by atoms with Crippen molar-refractivity contribution < 1.29 is 19.1 Å². The van der Waals surface area contributed by atoms with Crippen LogP contribution >= 0.6 is 0 Å². The molecule has 0 radical (unpaired) electrons. The van der Waals surface area contributed by atoms with Gasteiger partial charge in [-0.25, -0.2) is 9.97 Å². The molecule has 2 aliphatic carbocycles. The number of β-amino-alcohol motifs (C(OH)–C–C–N with tert-alkyl or cyclic N) is 1. The zero-order valence-corrected chi connectivity index (χ0v) is 22.5. The predicted octanol–water partition coefficient (Wildman–Crippen LogP) is 3.85. The highest BCUT2D eigenvalue weighted by Crippen LogP contribution is 2.56. The number of hydrogen-bond acceptors (Lipinski definition) is 8. The summed E-state index contributed by atoms with van der Waals surface area (Å²) in [7, 11) is 0. The van der Waals surface area contributed by atoms with Gasteiger partial charge in [0.2, 0.25) is 0 Å². The number of aliphatic hydroxyl groups excluding tert-OH is 1. The van der Waals surface area contributed by atoms with E-state index in [1.807, 2.05) is 13.0 Å². The maximum atomic E-state index is 12.8. The summed E-state index contributed by atoms with van der Waals surface area (Å²) >= 11 is 0. The molecule has 3 heterocycles. The number of rotatable bonds is 10. The van der Waals surface area contributed by atoms with Crippen LogP contribution in [0.25, 0.3) is 0 Å². The molecule has 1 spiro atoms. The van der Waals surface area contributed by atoms with Gasteiger partial charge in [0.1, 0.15) is 18.2 Å². The lowest BCUT2D eigenvalue weighted by atomic mass is 9.54. The third kappa shape index (κ3) is 5.94. The van der Waals surface area contributed by atoms with E-state index in [1.165, 1.54) is 49.6 Å². The first-order chi connectivity index (χ1) is 18.9. The molecular weight excluding hydrogens is 494 g/mol. The van der Waals surface area contributed by atoms with Crippen molar-refractivity contribution in [2.24, 2.45) is 5.41 Å². The summed E-state index contributed by atoms with van der Waals surface area (Å²) in [6, 6.07) is 10.1. The maximum absolute atomic E-state index is 12.8. The van der Waals surface area contributed by atoms with Crippen molar-refractivity contribution in [3.63, 3.8) is 0 Å². The number of pyridine rings is 1. The van der Waals surface area contributed by atoms with Crippen LogP contribution in [0, 0.1) is 12.3 Å². The van der Waals surface area contributed by atoms with Gasteiger partial charge in [0.05, 0.1) is 11.8 Å². The van der Waals surface area contributed by atoms with Gasteiger partial charge < -0.3 is 24.9 Å². The Kier molecular flexibility index (Phi) is 7.27. The Morgan fingerprint density at radius 2 is 2.10 bits per heavy atom. The van der Waals surface area contributed by atoms with E-state index >= 15 is 0 Å². The summed E-state index contributed by atoms with van der Waals surface area (Å²) in [5.74, 6) is 2.10. The van der Waals surface area contributed by atoms with E-state index in [2.05, 4.69) is 37.6 Å². The number of aromatic nitrogens is 2. The number of anilines is 1. The van der Waals surface area contributed by atoms with E-state index in [-0.39, 0.29) is 12.5 Å². The van der Waals surface area contributed by atoms with Crippen LogP contribution in [0.4, 0.5) is 5.82 Å². The number of nitrogens with one attached hydrogen (secondary N) is 2. The zero-order chi connectivity index (χ0) is 26.8. The van der Waals surface area contributed by atoms with Gasteiger partial charge in [-0.3, -0.25) is 9.69 Å². The molecule has 1 amide bonds. The number of aryl methyl sites for hydroxylation is 1. The SMILES string of the molecule is Cc1ncoc1COc1ccc2c(c1)CCN(CC(O)CNC(=O)c1ccnc(NC3CC4(CCC4)C3)c1)C2. The zero-order valence-electron chi connectivity index (χ0n) is 22.5. The molecule has 39 heavy (non-hydrogen) atoms. The summed E-state index contributed by atoms with van der Waals surface area (Å²) in [5, 5.41) is 17.0. The van der Waals surface area contributed by atoms with Crippen LogP contribution in [0.3, 0.4) is 0 Å². The topological polar surface area (TPSA) is 113 Å². The molecule has 3 N–H and O–H groups in total. The third-order valence-corrected chi connectivity index (χ3v) is 8.60. The standard InChI is InChI=1S/C30H37N5O4/c1-20-27(39-19-33-20)18-38-26-4-3-23-16-35(10-6-21(23)11-26)17-25(36)15-32-29(37)22-5-9-31-28(12-22)34-24-13-30(14-24)7-2-8-30/h3-5,9,11-12,19,24-25,36H,2,6-8,10,13-18H2,1H3,(H,31,34)(H,32,37). The Morgan fingerprint density at radius 3 is 2.87 bits per heavy atom. The average molecular weight is 532 g/mol. The Labute approximate surface area is 229 Å². The van der Waals surface area contributed by atoms with Gasteiger partial charge in [0, 0.05) is 44.0 Å². The molecule has 9 heteroatoms. The van der Waals surface area contributed by atoms with Crippen LogP contribution in [0.5, 0.6) is 5.75 Å². The first kappa shape index (κ1) is 25.8. The molecule has 2 fully saturated rings. The van der Waals surface area contributed by atoms with Crippen molar-refractivity contribution in [3.8, 4) is 5.75 Å². The van der Waals surface area contributed by atoms with Gasteiger partial charge >= 0.3 is 0 Å². The van der Waals surface area contributed by atoms with Gasteiger partial charge in [-0.1, -0.05) is 12.5 Å². The second kappa shape index (κ2) is 11.0. The smallest absolute Gasteiger partial charge is 0.251 e. The minimum Gasteiger partial charge on any atom is -0.486 e. The normalized spacial score (nSPS) is 19.0. The lowest BCUT2D eigenvalue weighted by molar-refractivity contribution is 0.0191. The molecule has 1 aliphatic heterocycles. The third-order valence-electron chi connectivity index (χ3n) is 8.60. The van der Waals surface area contributed by atoms with E-state index in [1.54, 1.807) is 18.3 Å². The lowest BCUT2D eigenvalue weighted by Gasteiger charge is -2.54. The van der Waals surface area contributed by atoms with E-state index in [0.717, 1.165) is 42.5 Å². The van der Waals surface area contributed by atoms with Crippen molar-refractivity contribution in [1.29, 1.82) is 0 Å². The molecule has 2 aromatic heterocycles. The molecule has 0 saturated heterocycles. The molecule has 3 aromatic rings. The van der Waals surface area contributed by atoms with Crippen LogP contribution in [0.2, 0.25) is 0 Å². The largest absolute Gasteiger partial charge is 0.486 e. The molecule has 2 saturated carbocycles. The summed E-state index contributed by atoms with van der Waals surface area (Å²) in [6.45, 7) is 4.54. The second-order valence-corrected chi connectivity index (χ2v) is 11.5. The van der Waals surface area contributed by atoms with Crippen molar-refractivity contribution in [2.75, 3.05) is 25.0 Å². The number of fused-ring (bicyclic) bond motifs is 1. The number of oxazole rings is 1. The highest BCUT2D eigenvalue weighted by Gasteiger charge is 2.48.